The van der Waals surface area contributed by atoms with Gasteiger partial charge < -0.3 is 19.2 Å². The van der Waals surface area contributed by atoms with Gasteiger partial charge in [0.25, 0.3) is 5.91 Å². The standard InChI is InChI=1S/C13H19NO4/c1-10(7-13(2)17-5-6-18-13)8-14-12(15)11-3-4-16-9-11/h3-4,9-10H,5-8H2,1-2H3,(H,14,15). The van der Waals surface area contributed by atoms with Gasteiger partial charge in [0.1, 0.15) is 6.26 Å². The highest BCUT2D eigenvalue weighted by Gasteiger charge is 2.32. The zero-order chi connectivity index (χ0) is 13.0. The molecule has 1 unspecified atom stereocenters. The van der Waals surface area contributed by atoms with Crippen LogP contribution in [0.15, 0.2) is 23.0 Å². The highest BCUT2D eigenvalue weighted by atomic mass is 16.7. The van der Waals surface area contributed by atoms with Gasteiger partial charge in [-0.1, -0.05) is 6.92 Å². The maximum absolute atomic E-state index is 11.7. The third kappa shape index (κ3) is 3.34. The van der Waals surface area contributed by atoms with Crippen molar-refractivity contribution >= 4 is 5.91 Å². The molecule has 1 aliphatic rings. The first-order valence-corrected chi connectivity index (χ1v) is 6.17. The average Bonchev–Trinajstić information content (AvgIpc) is 2.97. The van der Waals surface area contributed by atoms with E-state index in [0.717, 1.165) is 6.42 Å². The molecule has 100 valence electrons. The lowest BCUT2D eigenvalue weighted by Crippen LogP contribution is -2.34. The first-order valence-electron chi connectivity index (χ1n) is 6.17. The average molecular weight is 253 g/mol. The van der Waals surface area contributed by atoms with Crippen LogP contribution in [0.4, 0.5) is 0 Å². The van der Waals surface area contributed by atoms with Crippen molar-refractivity contribution in [2.24, 2.45) is 5.92 Å². The van der Waals surface area contributed by atoms with E-state index in [1.807, 2.05) is 6.92 Å². The van der Waals surface area contributed by atoms with E-state index in [9.17, 15) is 4.79 Å². The molecular weight excluding hydrogens is 234 g/mol. The predicted octanol–water partition coefficient (Wildman–Crippen LogP) is 1.80. The van der Waals surface area contributed by atoms with Gasteiger partial charge in [0, 0.05) is 13.0 Å². The van der Waals surface area contributed by atoms with Gasteiger partial charge in [-0.3, -0.25) is 4.79 Å². The fourth-order valence-corrected chi connectivity index (χ4v) is 2.14. The zero-order valence-electron chi connectivity index (χ0n) is 10.8. The second kappa shape index (κ2) is 5.54. The molecule has 2 heterocycles. The summed E-state index contributed by atoms with van der Waals surface area (Å²) >= 11 is 0. The minimum Gasteiger partial charge on any atom is -0.472 e. The zero-order valence-corrected chi connectivity index (χ0v) is 10.8. The normalized spacial score (nSPS) is 19.7. The highest BCUT2D eigenvalue weighted by molar-refractivity contribution is 5.93. The van der Waals surface area contributed by atoms with Crippen molar-refractivity contribution in [3.63, 3.8) is 0 Å². The molecule has 0 aliphatic carbocycles. The molecule has 0 aromatic carbocycles. The molecule has 0 saturated carbocycles. The Morgan fingerprint density at radius 2 is 2.22 bits per heavy atom. The van der Waals surface area contributed by atoms with Gasteiger partial charge in [-0.05, 0) is 18.9 Å². The number of rotatable bonds is 5. The van der Waals surface area contributed by atoms with Gasteiger partial charge in [0.15, 0.2) is 5.79 Å². The Balaban J connectivity index is 1.74. The van der Waals surface area contributed by atoms with Gasteiger partial charge in [-0.15, -0.1) is 0 Å². The number of carbonyl (C=O) groups excluding carboxylic acids is 1. The molecule has 1 N–H and O–H groups in total. The molecule has 1 aromatic heterocycles. The molecule has 1 saturated heterocycles. The summed E-state index contributed by atoms with van der Waals surface area (Å²) in [7, 11) is 0. The molecule has 1 amide bonds. The fourth-order valence-electron chi connectivity index (χ4n) is 2.14. The molecule has 0 bridgehead atoms. The van der Waals surface area contributed by atoms with E-state index in [-0.39, 0.29) is 11.8 Å². The smallest absolute Gasteiger partial charge is 0.254 e. The van der Waals surface area contributed by atoms with E-state index in [2.05, 4.69) is 12.2 Å². The van der Waals surface area contributed by atoms with Crippen LogP contribution in [0.1, 0.15) is 30.6 Å². The van der Waals surface area contributed by atoms with Crippen LogP contribution in [0.3, 0.4) is 0 Å². The SMILES string of the molecule is CC(CNC(=O)c1ccoc1)CC1(C)OCCO1. The summed E-state index contributed by atoms with van der Waals surface area (Å²) in [6, 6.07) is 1.64. The molecule has 1 fully saturated rings. The van der Waals surface area contributed by atoms with Gasteiger partial charge >= 0.3 is 0 Å². The van der Waals surface area contributed by atoms with Crippen LogP contribution in [0.2, 0.25) is 0 Å². The largest absolute Gasteiger partial charge is 0.472 e. The van der Waals surface area contributed by atoms with Crippen LogP contribution in [0.5, 0.6) is 0 Å². The summed E-state index contributed by atoms with van der Waals surface area (Å²) in [4.78, 5) is 11.7. The van der Waals surface area contributed by atoms with Gasteiger partial charge in [-0.25, -0.2) is 0 Å². The number of nitrogens with one attached hydrogen (secondary N) is 1. The lowest BCUT2D eigenvalue weighted by atomic mass is 10.0. The lowest BCUT2D eigenvalue weighted by molar-refractivity contribution is -0.153. The molecule has 0 spiro atoms. The summed E-state index contributed by atoms with van der Waals surface area (Å²) in [5, 5.41) is 2.87. The number of carbonyl (C=O) groups is 1. The summed E-state index contributed by atoms with van der Waals surface area (Å²) in [6.07, 6.45) is 3.68. The molecule has 5 heteroatoms. The van der Waals surface area contributed by atoms with Crippen molar-refractivity contribution in [1.82, 2.24) is 5.32 Å². The maximum Gasteiger partial charge on any atom is 0.254 e. The minimum atomic E-state index is -0.500. The van der Waals surface area contributed by atoms with Crippen molar-refractivity contribution in [2.45, 2.75) is 26.1 Å². The number of ether oxygens (including phenoxy) is 2. The molecule has 18 heavy (non-hydrogen) atoms. The number of hydrogen-bond donors (Lipinski definition) is 1. The number of amides is 1. The first kappa shape index (κ1) is 13.1. The predicted molar refractivity (Wildman–Crippen MR) is 65.1 cm³/mol. The topological polar surface area (TPSA) is 60.7 Å². The Kier molecular flexibility index (Phi) is 4.04. The molecule has 1 aromatic rings. The third-order valence-corrected chi connectivity index (χ3v) is 3.01. The van der Waals surface area contributed by atoms with Gasteiger partial charge in [0.2, 0.25) is 0 Å². The second-order valence-electron chi connectivity index (χ2n) is 4.86. The summed E-state index contributed by atoms with van der Waals surface area (Å²) in [5.74, 6) is -0.335. The van der Waals surface area contributed by atoms with Gasteiger partial charge in [0.05, 0.1) is 25.0 Å². The van der Waals surface area contributed by atoms with Gasteiger partial charge in [-0.2, -0.15) is 0 Å². The van der Waals surface area contributed by atoms with E-state index in [4.69, 9.17) is 13.9 Å². The Labute approximate surface area is 106 Å². The van der Waals surface area contributed by atoms with E-state index in [1.54, 1.807) is 6.07 Å². The van der Waals surface area contributed by atoms with E-state index in [1.165, 1.54) is 12.5 Å². The number of furan rings is 1. The van der Waals surface area contributed by atoms with Crippen LogP contribution in [0.25, 0.3) is 0 Å². The highest BCUT2D eigenvalue weighted by Crippen LogP contribution is 2.26. The van der Waals surface area contributed by atoms with Crippen molar-refractivity contribution in [2.75, 3.05) is 19.8 Å². The van der Waals surface area contributed by atoms with Crippen LogP contribution in [0, 0.1) is 5.92 Å². The third-order valence-electron chi connectivity index (χ3n) is 3.01. The quantitative estimate of drug-likeness (QED) is 0.869. The second-order valence-corrected chi connectivity index (χ2v) is 4.86. The Bertz CT molecular complexity index is 382. The molecule has 2 rings (SSSR count). The van der Waals surface area contributed by atoms with E-state index >= 15 is 0 Å². The summed E-state index contributed by atoms with van der Waals surface area (Å²) in [5.41, 5.74) is 0.543. The van der Waals surface area contributed by atoms with Crippen LogP contribution in [-0.2, 0) is 9.47 Å². The Hall–Kier alpha value is -1.33. The monoisotopic (exact) mass is 253 g/mol. The van der Waals surface area contributed by atoms with Crippen molar-refractivity contribution in [3.8, 4) is 0 Å². The lowest BCUT2D eigenvalue weighted by Gasteiger charge is -2.25. The van der Waals surface area contributed by atoms with E-state index in [0.29, 0.717) is 25.3 Å². The van der Waals surface area contributed by atoms with Crippen LogP contribution >= 0.6 is 0 Å². The van der Waals surface area contributed by atoms with E-state index < -0.39 is 5.79 Å². The summed E-state index contributed by atoms with van der Waals surface area (Å²) in [6.45, 7) is 5.88. The molecule has 1 atom stereocenters. The molecule has 1 aliphatic heterocycles. The van der Waals surface area contributed by atoms with Crippen LogP contribution in [-0.4, -0.2) is 31.5 Å². The Morgan fingerprint density at radius 3 is 2.83 bits per heavy atom. The minimum absolute atomic E-state index is 0.117. The molecule has 5 nitrogen and oxygen atoms in total. The molecular formula is C13H19NO4. The fraction of sp³-hybridized carbons (Fsp3) is 0.615. The van der Waals surface area contributed by atoms with Crippen molar-refractivity contribution < 1.29 is 18.7 Å². The Morgan fingerprint density at radius 1 is 1.50 bits per heavy atom. The first-order chi connectivity index (χ1) is 8.59. The maximum atomic E-state index is 11.7. The summed E-state index contributed by atoms with van der Waals surface area (Å²) < 4.78 is 15.9. The van der Waals surface area contributed by atoms with Crippen LogP contribution < -0.4 is 5.32 Å². The van der Waals surface area contributed by atoms with Crippen molar-refractivity contribution in [3.05, 3.63) is 24.2 Å². The molecule has 0 radical (unpaired) electrons. The van der Waals surface area contributed by atoms with Crippen molar-refractivity contribution in [1.29, 1.82) is 0 Å². The number of hydrogen-bond acceptors (Lipinski definition) is 4.